The van der Waals surface area contributed by atoms with Crippen LogP contribution >= 0.6 is 0 Å². The number of anilines is 1. The first-order chi connectivity index (χ1) is 13.8. The van der Waals surface area contributed by atoms with Crippen molar-refractivity contribution in [1.29, 1.82) is 0 Å². The van der Waals surface area contributed by atoms with Gasteiger partial charge in [-0.1, -0.05) is 78.9 Å². The summed E-state index contributed by atoms with van der Waals surface area (Å²) in [5.41, 5.74) is 4.72. The Balaban J connectivity index is 1.39. The van der Waals surface area contributed by atoms with Crippen LogP contribution in [0.4, 0.5) is 5.69 Å². The Morgan fingerprint density at radius 3 is 2.39 bits per heavy atom. The van der Waals surface area contributed by atoms with Crippen molar-refractivity contribution in [2.75, 3.05) is 11.9 Å². The van der Waals surface area contributed by atoms with Gasteiger partial charge in [0.1, 0.15) is 5.75 Å². The Bertz CT molecular complexity index is 1160. The second-order valence-electron chi connectivity index (χ2n) is 7.13. The summed E-state index contributed by atoms with van der Waals surface area (Å²) in [4.78, 5) is 2.18. The third-order valence-electron chi connectivity index (χ3n) is 5.30. The highest BCUT2D eigenvalue weighted by Crippen LogP contribution is 2.39. The highest BCUT2D eigenvalue weighted by Gasteiger charge is 2.26. The van der Waals surface area contributed by atoms with Crippen LogP contribution in [-0.4, -0.2) is 13.3 Å². The fourth-order valence-electron chi connectivity index (χ4n) is 3.72. The van der Waals surface area contributed by atoms with Gasteiger partial charge in [0.05, 0.1) is 5.69 Å². The van der Waals surface area contributed by atoms with E-state index in [0.717, 1.165) is 11.4 Å². The molecule has 0 bridgehead atoms. The molecule has 0 radical (unpaired) electrons. The molecule has 0 saturated carbocycles. The molecule has 5 rings (SSSR count). The Labute approximate surface area is 165 Å². The maximum atomic E-state index is 6.16. The number of benzene rings is 4. The van der Waals surface area contributed by atoms with Crippen LogP contribution < -0.4 is 9.64 Å². The summed E-state index contributed by atoms with van der Waals surface area (Å²) in [6.07, 6.45) is 4.15. The topological polar surface area (TPSA) is 12.5 Å². The van der Waals surface area contributed by atoms with Crippen molar-refractivity contribution < 1.29 is 4.74 Å². The van der Waals surface area contributed by atoms with E-state index in [9.17, 15) is 0 Å². The molecule has 1 unspecified atom stereocenters. The highest BCUT2D eigenvalue weighted by molar-refractivity contribution is 5.84. The summed E-state index contributed by atoms with van der Waals surface area (Å²) >= 11 is 0. The van der Waals surface area contributed by atoms with E-state index in [2.05, 4.69) is 109 Å². The lowest BCUT2D eigenvalue weighted by Gasteiger charge is -2.17. The minimum absolute atomic E-state index is 0.104. The Kier molecular flexibility index (Phi) is 4.10. The van der Waals surface area contributed by atoms with Gasteiger partial charge in [-0.25, -0.2) is 0 Å². The zero-order chi connectivity index (χ0) is 18.9. The maximum absolute atomic E-state index is 6.16. The Morgan fingerprint density at radius 2 is 1.54 bits per heavy atom. The number of rotatable bonds is 3. The molecule has 0 saturated heterocycles. The van der Waals surface area contributed by atoms with E-state index in [0.29, 0.717) is 0 Å². The smallest absolute Gasteiger partial charge is 0.192 e. The van der Waals surface area contributed by atoms with Gasteiger partial charge in [0, 0.05) is 7.05 Å². The second kappa shape index (κ2) is 6.90. The van der Waals surface area contributed by atoms with E-state index in [1.807, 2.05) is 6.07 Å². The lowest BCUT2D eigenvalue weighted by atomic mass is 10.0. The molecule has 1 aliphatic rings. The summed E-state index contributed by atoms with van der Waals surface area (Å²) in [5.74, 6) is 0.926. The lowest BCUT2D eigenvalue weighted by molar-refractivity contribution is 0.280. The summed E-state index contributed by atoms with van der Waals surface area (Å²) in [6.45, 7) is 0. The monoisotopic (exact) mass is 363 g/mol. The molecule has 0 aliphatic carbocycles. The minimum atomic E-state index is -0.104. The van der Waals surface area contributed by atoms with Crippen LogP contribution in [0.3, 0.4) is 0 Å². The van der Waals surface area contributed by atoms with Crippen molar-refractivity contribution in [2.45, 2.75) is 6.23 Å². The first-order valence-corrected chi connectivity index (χ1v) is 9.54. The van der Waals surface area contributed by atoms with Gasteiger partial charge in [-0.3, -0.25) is 0 Å². The largest absolute Gasteiger partial charge is 0.465 e. The van der Waals surface area contributed by atoms with Gasteiger partial charge < -0.3 is 9.64 Å². The first kappa shape index (κ1) is 16.6. The molecule has 0 spiro atoms. The van der Waals surface area contributed by atoms with Gasteiger partial charge in [0.2, 0.25) is 0 Å². The van der Waals surface area contributed by atoms with Gasteiger partial charge in [-0.2, -0.15) is 0 Å². The molecule has 2 nitrogen and oxygen atoms in total. The molecule has 0 fully saturated rings. The predicted molar refractivity (Wildman–Crippen MR) is 118 cm³/mol. The van der Waals surface area contributed by atoms with Gasteiger partial charge in [-0.15, -0.1) is 0 Å². The molecule has 28 heavy (non-hydrogen) atoms. The molecule has 1 atom stereocenters. The quantitative estimate of drug-likeness (QED) is 0.419. The SMILES string of the molecule is CN1c2cc(-c3ccccc3)ccc2OC1C=Cc1ccc2ccccc2c1. The summed E-state index contributed by atoms with van der Waals surface area (Å²) in [5, 5.41) is 2.51. The molecular formula is C26H21NO. The minimum Gasteiger partial charge on any atom is -0.465 e. The van der Waals surface area contributed by atoms with E-state index in [-0.39, 0.29) is 6.23 Å². The maximum Gasteiger partial charge on any atom is 0.192 e. The van der Waals surface area contributed by atoms with Gasteiger partial charge in [0.25, 0.3) is 0 Å². The van der Waals surface area contributed by atoms with E-state index < -0.39 is 0 Å². The number of nitrogens with zero attached hydrogens (tertiary/aromatic N) is 1. The van der Waals surface area contributed by atoms with E-state index in [4.69, 9.17) is 4.74 Å². The lowest BCUT2D eigenvalue weighted by Crippen LogP contribution is -2.28. The van der Waals surface area contributed by atoms with Crippen molar-refractivity contribution in [1.82, 2.24) is 0 Å². The van der Waals surface area contributed by atoms with E-state index in [1.54, 1.807) is 0 Å². The van der Waals surface area contributed by atoms with Crippen LogP contribution in [0.2, 0.25) is 0 Å². The average Bonchev–Trinajstić information content (AvgIpc) is 3.08. The first-order valence-electron chi connectivity index (χ1n) is 9.54. The number of hydrogen-bond acceptors (Lipinski definition) is 2. The van der Waals surface area contributed by atoms with Gasteiger partial charge in [0.15, 0.2) is 6.23 Å². The normalized spacial score (nSPS) is 15.8. The van der Waals surface area contributed by atoms with Crippen molar-refractivity contribution in [2.24, 2.45) is 0 Å². The molecule has 1 aliphatic heterocycles. The highest BCUT2D eigenvalue weighted by atomic mass is 16.5. The number of hydrogen-bond donors (Lipinski definition) is 0. The molecule has 1 heterocycles. The van der Waals surface area contributed by atoms with Crippen LogP contribution in [0, 0.1) is 0 Å². The van der Waals surface area contributed by atoms with Crippen molar-refractivity contribution in [3.8, 4) is 16.9 Å². The van der Waals surface area contributed by atoms with Gasteiger partial charge in [-0.05, 0) is 51.7 Å². The van der Waals surface area contributed by atoms with Gasteiger partial charge >= 0.3 is 0 Å². The fraction of sp³-hybridized carbons (Fsp3) is 0.0769. The van der Waals surface area contributed by atoms with Crippen LogP contribution in [0.25, 0.3) is 28.0 Å². The van der Waals surface area contributed by atoms with Crippen LogP contribution in [0.1, 0.15) is 5.56 Å². The molecular weight excluding hydrogens is 342 g/mol. The van der Waals surface area contributed by atoms with E-state index >= 15 is 0 Å². The molecule has 0 aromatic heterocycles. The molecule has 0 amide bonds. The van der Waals surface area contributed by atoms with Crippen molar-refractivity contribution in [3.05, 3.63) is 103 Å². The molecule has 4 aromatic carbocycles. The van der Waals surface area contributed by atoms with Crippen LogP contribution in [0.15, 0.2) is 97.1 Å². The zero-order valence-electron chi connectivity index (χ0n) is 15.7. The average molecular weight is 363 g/mol. The van der Waals surface area contributed by atoms with Crippen molar-refractivity contribution in [3.63, 3.8) is 0 Å². The third kappa shape index (κ3) is 3.03. The van der Waals surface area contributed by atoms with Crippen LogP contribution in [0.5, 0.6) is 5.75 Å². The summed E-state index contributed by atoms with van der Waals surface area (Å²) in [6, 6.07) is 31.8. The molecule has 0 N–H and O–H groups in total. The zero-order valence-corrected chi connectivity index (χ0v) is 15.7. The Hall–Kier alpha value is -3.52. The third-order valence-corrected chi connectivity index (χ3v) is 5.30. The van der Waals surface area contributed by atoms with Crippen LogP contribution in [-0.2, 0) is 0 Å². The second-order valence-corrected chi connectivity index (χ2v) is 7.13. The number of ether oxygens (including phenoxy) is 1. The Morgan fingerprint density at radius 1 is 0.750 bits per heavy atom. The van der Waals surface area contributed by atoms with E-state index in [1.165, 1.54) is 27.5 Å². The summed E-state index contributed by atoms with van der Waals surface area (Å²) in [7, 11) is 2.08. The number of likely N-dealkylation sites (N-methyl/N-ethyl adjacent to an activating group) is 1. The molecule has 136 valence electrons. The standard InChI is InChI=1S/C26H21NO/c1-27-24-18-23(20-7-3-2-4-8-20)14-15-25(24)28-26(27)16-12-19-11-13-21-9-5-6-10-22(21)17-19/h2-18,26H,1H3. The molecule has 2 heteroatoms. The molecule has 4 aromatic rings. The predicted octanol–water partition coefficient (Wildman–Crippen LogP) is 6.37. The fourth-order valence-corrected chi connectivity index (χ4v) is 3.72. The van der Waals surface area contributed by atoms with Crippen molar-refractivity contribution >= 4 is 22.5 Å². The summed E-state index contributed by atoms with van der Waals surface area (Å²) < 4.78 is 6.16. The number of fused-ring (bicyclic) bond motifs is 2.